The molecular weight excluding hydrogens is 399 g/mol. The zero-order chi connectivity index (χ0) is 22.1. The third kappa shape index (κ3) is 3.88. The van der Waals surface area contributed by atoms with Crippen molar-refractivity contribution < 1.29 is 18.5 Å². The van der Waals surface area contributed by atoms with Gasteiger partial charge in [0.2, 0.25) is 5.91 Å². The van der Waals surface area contributed by atoms with Gasteiger partial charge in [-0.2, -0.15) is 0 Å². The Kier molecular flexibility index (Phi) is 5.46. The highest BCUT2D eigenvalue weighted by atomic mass is 19.1. The molecule has 2 aromatic carbocycles. The van der Waals surface area contributed by atoms with Gasteiger partial charge in [-0.25, -0.2) is 9.18 Å². The fourth-order valence-corrected chi connectivity index (χ4v) is 3.86. The van der Waals surface area contributed by atoms with E-state index in [1.807, 2.05) is 31.2 Å². The Morgan fingerprint density at radius 1 is 1.19 bits per heavy atom. The van der Waals surface area contributed by atoms with Gasteiger partial charge in [0.25, 0.3) is 0 Å². The predicted octanol–water partition coefficient (Wildman–Crippen LogP) is 4.28. The highest BCUT2D eigenvalue weighted by Gasteiger charge is 2.33. The standard InChI is InChI=1S/C23H23FN4O3/c1-13-12-16-8-4-7-11-19(16)28(13)22(29)15(3)25-23(30)26-21-14(2)20(31-27-21)17-9-5-6-10-18(17)24/h4-11,13,15H,12H2,1-3H3,(H2,25,26,27,30). The minimum Gasteiger partial charge on any atom is -0.354 e. The van der Waals surface area contributed by atoms with Gasteiger partial charge in [-0.1, -0.05) is 35.5 Å². The first kappa shape index (κ1) is 20.6. The van der Waals surface area contributed by atoms with Crippen LogP contribution in [0.1, 0.15) is 25.0 Å². The molecule has 0 fully saturated rings. The number of urea groups is 1. The first-order chi connectivity index (χ1) is 14.9. The second-order valence-corrected chi connectivity index (χ2v) is 7.68. The molecule has 8 heteroatoms. The third-order valence-electron chi connectivity index (χ3n) is 5.44. The van der Waals surface area contributed by atoms with Gasteiger partial charge in [0.1, 0.15) is 11.9 Å². The summed E-state index contributed by atoms with van der Waals surface area (Å²) < 4.78 is 19.3. The fourth-order valence-electron chi connectivity index (χ4n) is 3.86. The van der Waals surface area contributed by atoms with Crippen molar-refractivity contribution in [2.45, 2.75) is 39.3 Å². The molecule has 1 aliphatic heterocycles. The van der Waals surface area contributed by atoms with Crippen LogP contribution in [0.25, 0.3) is 11.3 Å². The van der Waals surface area contributed by atoms with E-state index in [1.165, 1.54) is 6.07 Å². The van der Waals surface area contributed by atoms with Crippen LogP contribution in [0.15, 0.2) is 53.1 Å². The smallest absolute Gasteiger partial charge is 0.321 e. The number of amides is 3. The first-order valence-corrected chi connectivity index (χ1v) is 10.1. The molecule has 1 aliphatic rings. The number of hydrogen-bond acceptors (Lipinski definition) is 4. The average Bonchev–Trinajstić information content (AvgIpc) is 3.26. The summed E-state index contributed by atoms with van der Waals surface area (Å²) in [5.41, 5.74) is 2.72. The molecule has 4 rings (SSSR count). The van der Waals surface area contributed by atoms with Crippen LogP contribution in [0, 0.1) is 12.7 Å². The second kappa shape index (κ2) is 8.22. The van der Waals surface area contributed by atoms with Crippen molar-refractivity contribution in [2.24, 2.45) is 0 Å². The molecule has 3 amide bonds. The number of halogens is 1. The van der Waals surface area contributed by atoms with Crippen LogP contribution in [0.2, 0.25) is 0 Å². The maximum Gasteiger partial charge on any atom is 0.321 e. The Morgan fingerprint density at radius 2 is 1.90 bits per heavy atom. The van der Waals surface area contributed by atoms with Crippen LogP contribution in [0.4, 0.5) is 20.7 Å². The zero-order valence-electron chi connectivity index (χ0n) is 17.5. The molecule has 0 saturated carbocycles. The van der Waals surface area contributed by atoms with Crippen molar-refractivity contribution in [1.29, 1.82) is 0 Å². The van der Waals surface area contributed by atoms with Crippen LogP contribution in [0.5, 0.6) is 0 Å². The monoisotopic (exact) mass is 422 g/mol. The van der Waals surface area contributed by atoms with Crippen LogP contribution in [-0.2, 0) is 11.2 Å². The summed E-state index contributed by atoms with van der Waals surface area (Å²) in [7, 11) is 0. The number of para-hydroxylation sites is 1. The third-order valence-corrected chi connectivity index (χ3v) is 5.44. The van der Waals surface area contributed by atoms with Crippen molar-refractivity contribution in [1.82, 2.24) is 10.5 Å². The number of benzene rings is 2. The van der Waals surface area contributed by atoms with Gasteiger partial charge >= 0.3 is 6.03 Å². The van der Waals surface area contributed by atoms with Gasteiger partial charge in [-0.15, -0.1) is 0 Å². The number of fused-ring (bicyclic) bond motifs is 1. The molecule has 0 radical (unpaired) electrons. The lowest BCUT2D eigenvalue weighted by Crippen LogP contribution is -2.50. The lowest BCUT2D eigenvalue weighted by molar-refractivity contribution is -0.120. The number of carbonyl (C=O) groups is 2. The Labute approximate surface area is 179 Å². The van der Waals surface area contributed by atoms with E-state index in [0.29, 0.717) is 5.56 Å². The number of nitrogens with one attached hydrogen (secondary N) is 2. The van der Waals surface area contributed by atoms with Crippen molar-refractivity contribution in [3.63, 3.8) is 0 Å². The maximum absolute atomic E-state index is 14.0. The van der Waals surface area contributed by atoms with Crippen molar-refractivity contribution >= 4 is 23.4 Å². The molecule has 0 spiro atoms. The lowest BCUT2D eigenvalue weighted by atomic mass is 10.1. The SMILES string of the molecule is Cc1c(NC(=O)NC(C)C(=O)N2c3ccccc3CC2C)noc1-c1ccccc1F. The zero-order valence-corrected chi connectivity index (χ0v) is 17.5. The minimum atomic E-state index is -0.758. The summed E-state index contributed by atoms with van der Waals surface area (Å²) in [5, 5.41) is 9.06. The Morgan fingerprint density at radius 3 is 2.68 bits per heavy atom. The molecule has 2 heterocycles. The van der Waals surface area contributed by atoms with E-state index in [-0.39, 0.29) is 29.1 Å². The molecule has 160 valence electrons. The molecule has 2 unspecified atom stereocenters. The Balaban J connectivity index is 1.44. The molecule has 3 aromatic rings. The number of carbonyl (C=O) groups excluding carboxylic acids is 2. The van der Waals surface area contributed by atoms with E-state index in [4.69, 9.17) is 4.52 Å². The molecule has 0 saturated heterocycles. The lowest BCUT2D eigenvalue weighted by Gasteiger charge is -2.26. The molecule has 0 aliphatic carbocycles. The number of aromatic nitrogens is 1. The fraction of sp³-hybridized carbons (Fsp3) is 0.261. The Bertz CT molecular complexity index is 1140. The summed E-state index contributed by atoms with van der Waals surface area (Å²) in [4.78, 5) is 27.2. The quantitative estimate of drug-likeness (QED) is 0.657. The second-order valence-electron chi connectivity index (χ2n) is 7.68. The van der Waals surface area contributed by atoms with Crippen LogP contribution in [0.3, 0.4) is 0 Å². The highest BCUT2D eigenvalue weighted by Crippen LogP contribution is 2.32. The average molecular weight is 422 g/mol. The summed E-state index contributed by atoms with van der Waals surface area (Å²) in [5.74, 6) is -0.246. The van der Waals surface area contributed by atoms with E-state index >= 15 is 0 Å². The van der Waals surface area contributed by atoms with Crippen LogP contribution < -0.4 is 15.5 Å². The molecule has 7 nitrogen and oxygen atoms in total. The number of rotatable bonds is 4. The summed E-state index contributed by atoms with van der Waals surface area (Å²) in [6.07, 6.45) is 0.776. The molecule has 31 heavy (non-hydrogen) atoms. The maximum atomic E-state index is 14.0. The largest absolute Gasteiger partial charge is 0.354 e. The van der Waals surface area contributed by atoms with E-state index in [9.17, 15) is 14.0 Å². The van der Waals surface area contributed by atoms with Crippen molar-refractivity contribution in [3.8, 4) is 11.3 Å². The normalized spacial score (nSPS) is 16.0. The number of nitrogens with zero attached hydrogens (tertiary/aromatic N) is 2. The molecule has 2 atom stereocenters. The molecular formula is C23H23FN4O3. The highest BCUT2D eigenvalue weighted by molar-refractivity contribution is 6.02. The number of hydrogen-bond donors (Lipinski definition) is 2. The summed E-state index contributed by atoms with van der Waals surface area (Å²) in [6.45, 7) is 5.29. The van der Waals surface area contributed by atoms with Gasteiger partial charge in [0.15, 0.2) is 11.6 Å². The Hall–Kier alpha value is -3.68. The van der Waals surface area contributed by atoms with Gasteiger partial charge < -0.3 is 14.7 Å². The minimum absolute atomic E-state index is 0.0123. The van der Waals surface area contributed by atoms with Gasteiger partial charge in [0, 0.05) is 17.3 Å². The van der Waals surface area contributed by atoms with E-state index in [2.05, 4.69) is 15.8 Å². The molecule has 1 aromatic heterocycles. The first-order valence-electron chi connectivity index (χ1n) is 10.1. The summed E-state index contributed by atoms with van der Waals surface area (Å²) in [6, 6.07) is 12.6. The summed E-state index contributed by atoms with van der Waals surface area (Å²) >= 11 is 0. The van der Waals surface area contributed by atoms with E-state index in [1.54, 1.807) is 36.9 Å². The van der Waals surface area contributed by atoms with Crippen molar-refractivity contribution in [2.75, 3.05) is 10.2 Å². The van der Waals surface area contributed by atoms with Crippen molar-refractivity contribution in [3.05, 3.63) is 65.5 Å². The van der Waals surface area contributed by atoms with Gasteiger partial charge in [-0.05, 0) is 51.0 Å². The topological polar surface area (TPSA) is 87.5 Å². The number of anilines is 2. The van der Waals surface area contributed by atoms with Crippen LogP contribution >= 0.6 is 0 Å². The van der Waals surface area contributed by atoms with E-state index in [0.717, 1.165) is 17.7 Å². The van der Waals surface area contributed by atoms with Gasteiger partial charge in [0.05, 0.1) is 5.56 Å². The molecule has 2 N–H and O–H groups in total. The van der Waals surface area contributed by atoms with E-state index < -0.39 is 17.9 Å². The van der Waals surface area contributed by atoms with Gasteiger partial charge in [-0.3, -0.25) is 10.1 Å². The predicted molar refractivity (Wildman–Crippen MR) is 115 cm³/mol. The van der Waals surface area contributed by atoms with Crippen LogP contribution in [-0.4, -0.2) is 29.2 Å². The molecule has 0 bridgehead atoms.